The molecule has 0 heterocycles. The monoisotopic (exact) mass is 697 g/mol. The van der Waals surface area contributed by atoms with E-state index in [4.69, 9.17) is 4.74 Å². The van der Waals surface area contributed by atoms with Crippen LogP contribution in [0.2, 0.25) is 0 Å². The lowest BCUT2D eigenvalue weighted by Gasteiger charge is -2.72. The predicted molar refractivity (Wildman–Crippen MR) is 194 cm³/mol. The predicted octanol–water partition coefficient (Wildman–Crippen LogP) is 7.86. The van der Waals surface area contributed by atoms with E-state index < -0.39 is 28.9 Å². The molecule has 2 N–H and O–H groups in total. The highest BCUT2D eigenvalue weighted by molar-refractivity contribution is 6.00. The molecule has 50 heavy (non-hydrogen) atoms. The van der Waals surface area contributed by atoms with Crippen LogP contribution in [0.15, 0.2) is 11.1 Å². The number of carboxylic acid groups (broad SMARTS) is 1. The number of aliphatic hydroxyl groups excluding tert-OH is 1. The number of fused-ring (bicyclic) bond motifs is 7. The summed E-state index contributed by atoms with van der Waals surface area (Å²) >= 11 is 0. The van der Waals surface area contributed by atoms with E-state index in [1.54, 1.807) is 25.8 Å². The molecule has 0 spiro atoms. The van der Waals surface area contributed by atoms with Crippen LogP contribution >= 0.6 is 0 Å². The van der Waals surface area contributed by atoms with Crippen LogP contribution in [0.1, 0.15) is 140 Å². The lowest BCUT2D eigenvalue weighted by Crippen LogP contribution is -2.66. The fraction of sp³-hybridized carbons (Fsp3) is 0.857. The minimum atomic E-state index is -1.17. The largest absolute Gasteiger partial charge is 0.481 e. The number of esters is 1. The van der Waals surface area contributed by atoms with Crippen molar-refractivity contribution in [1.82, 2.24) is 4.90 Å². The summed E-state index contributed by atoms with van der Waals surface area (Å²) in [5.41, 5.74) is 0.112. The topological polar surface area (TPSA) is 121 Å². The second-order valence-corrected chi connectivity index (χ2v) is 19.9. The van der Waals surface area contributed by atoms with Crippen molar-refractivity contribution in [1.29, 1.82) is 0 Å². The molecule has 5 aliphatic rings. The summed E-state index contributed by atoms with van der Waals surface area (Å²) in [6.07, 6.45) is 6.67. The number of ether oxygens (including phenoxy) is 1. The van der Waals surface area contributed by atoms with Crippen molar-refractivity contribution in [3.8, 4) is 0 Å². The van der Waals surface area contributed by atoms with E-state index in [9.17, 15) is 29.4 Å². The number of carbonyl (C=O) groups excluding carboxylic acids is 3. The van der Waals surface area contributed by atoms with Crippen molar-refractivity contribution >= 4 is 23.6 Å². The third-order valence-corrected chi connectivity index (χ3v) is 15.8. The highest BCUT2D eigenvalue weighted by Crippen LogP contribution is 2.77. The van der Waals surface area contributed by atoms with Gasteiger partial charge in [0.25, 0.3) is 0 Å². The summed E-state index contributed by atoms with van der Waals surface area (Å²) in [6.45, 7) is 23.4. The highest BCUT2D eigenvalue weighted by Gasteiger charge is 2.71. The molecular formula is C42H67NO7. The Morgan fingerprint density at radius 3 is 2.12 bits per heavy atom. The Morgan fingerprint density at radius 1 is 0.900 bits per heavy atom. The van der Waals surface area contributed by atoms with Gasteiger partial charge < -0.3 is 19.8 Å². The quantitative estimate of drug-likeness (QED) is 0.235. The van der Waals surface area contributed by atoms with Gasteiger partial charge in [-0.05, 0) is 111 Å². The lowest BCUT2D eigenvalue weighted by molar-refractivity contribution is -0.235. The zero-order valence-electron chi connectivity index (χ0n) is 33.2. The summed E-state index contributed by atoms with van der Waals surface area (Å²) in [5.74, 6) is -0.312. The number of ketones is 1. The number of hydrogen-bond donors (Lipinski definition) is 2. The number of hydrogen-bond acceptors (Lipinski definition) is 6. The Bertz CT molecular complexity index is 1440. The van der Waals surface area contributed by atoms with Crippen molar-refractivity contribution in [3.05, 3.63) is 11.1 Å². The third-order valence-electron chi connectivity index (χ3n) is 15.8. The van der Waals surface area contributed by atoms with E-state index in [-0.39, 0.29) is 70.2 Å². The Morgan fingerprint density at radius 2 is 1.54 bits per heavy atom. The van der Waals surface area contributed by atoms with E-state index in [2.05, 4.69) is 48.5 Å². The number of nitrogens with zero attached hydrogens (tertiary/aromatic N) is 1. The number of allylic oxidation sites excluding steroid dienone is 1. The van der Waals surface area contributed by atoms with Crippen molar-refractivity contribution in [2.75, 3.05) is 13.6 Å². The van der Waals surface area contributed by atoms with Crippen LogP contribution in [0.4, 0.5) is 0 Å². The molecule has 0 radical (unpaired) electrons. The molecule has 1 unspecified atom stereocenters. The lowest BCUT2D eigenvalue weighted by atomic mass is 9.33. The summed E-state index contributed by atoms with van der Waals surface area (Å²) < 4.78 is 6.15. The van der Waals surface area contributed by atoms with Gasteiger partial charge in [0.1, 0.15) is 6.10 Å². The van der Waals surface area contributed by atoms with Crippen LogP contribution in [-0.4, -0.2) is 64.5 Å². The van der Waals surface area contributed by atoms with Gasteiger partial charge in [-0.1, -0.05) is 67.9 Å². The van der Waals surface area contributed by atoms with Crippen LogP contribution in [0.25, 0.3) is 0 Å². The molecule has 8 nitrogen and oxygen atoms in total. The molecule has 9 atom stereocenters. The molecule has 5 aliphatic carbocycles. The van der Waals surface area contributed by atoms with E-state index in [1.165, 1.54) is 5.57 Å². The molecule has 282 valence electrons. The first kappa shape index (κ1) is 39.0. The molecule has 0 aromatic carbocycles. The zero-order chi connectivity index (χ0) is 37.6. The molecule has 4 saturated carbocycles. The highest BCUT2D eigenvalue weighted by atomic mass is 16.5. The molecule has 8 heteroatoms. The van der Waals surface area contributed by atoms with Crippen molar-refractivity contribution in [2.45, 2.75) is 153 Å². The third kappa shape index (κ3) is 5.71. The number of aliphatic carboxylic acids is 1. The molecule has 0 aliphatic heterocycles. The molecule has 0 saturated heterocycles. The summed E-state index contributed by atoms with van der Waals surface area (Å²) in [6, 6.07) is 0. The maximum absolute atomic E-state index is 14.0. The summed E-state index contributed by atoms with van der Waals surface area (Å²) in [7, 11) is 1.78. The zero-order valence-corrected chi connectivity index (χ0v) is 33.2. The Kier molecular flexibility index (Phi) is 9.92. The van der Waals surface area contributed by atoms with Gasteiger partial charge >= 0.3 is 11.9 Å². The number of carbonyl (C=O) groups is 4. The van der Waals surface area contributed by atoms with Crippen LogP contribution in [0.5, 0.6) is 0 Å². The van der Waals surface area contributed by atoms with Gasteiger partial charge in [-0.3, -0.25) is 19.2 Å². The number of carboxylic acids is 1. The Hall–Kier alpha value is -2.22. The van der Waals surface area contributed by atoms with E-state index in [0.29, 0.717) is 18.3 Å². The minimum Gasteiger partial charge on any atom is -0.481 e. The minimum absolute atomic E-state index is 0.00886. The van der Waals surface area contributed by atoms with E-state index in [0.717, 1.165) is 56.9 Å². The number of Topliss-reactive ketones (excluding diaryl/α,β-unsaturated/α-hetero) is 1. The summed E-state index contributed by atoms with van der Waals surface area (Å²) in [5, 5.41) is 21.7. The molecule has 0 aromatic heterocycles. The molecule has 5 rings (SSSR count). The molecule has 0 aromatic rings. The van der Waals surface area contributed by atoms with Gasteiger partial charge in [0.15, 0.2) is 5.78 Å². The van der Waals surface area contributed by atoms with Crippen molar-refractivity contribution < 1.29 is 34.1 Å². The van der Waals surface area contributed by atoms with Gasteiger partial charge in [0.05, 0.1) is 17.9 Å². The van der Waals surface area contributed by atoms with Crippen LogP contribution < -0.4 is 0 Å². The second-order valence-electron chi connectivity index (χ2n) is 19.9. The second kappa shape index (κ2) is 12.7. The molecule has 1 amide bonds. The van der Waals surface area contributed by atoms with Crippen LogP contribution in [-0.2, 0) is 23.9 Å². The average Bonchev–Trinajstić information content (AvgIpc) is 3.31. The average molecular weight is 698 g/mol. The fourth-order valence-electron chi connectivity index (χ4n) is 12.9. The number of likely N-dealkylation sites (N-methyl/N-ethyl adjacent to an activating group) is 1. The maximum Gasteiger partial charge on any atom is 0.309 e. The van der Waals surface area contributed by atoms with E-state index in [1.807, 2.05) is 13.8 Å². The van der Waals surface area contributed by atoms with Gasteiger partial charge in [-0.25, -0.2) is 0 Å². The fourth-order valence-corrected chi connectivity index (χ4v) is 12.9. The SMILES string of the molecule is CC(C)C(=O)N(C)C[C@H](O)[C@@]12CC[C@]3(C)[C@H](CC[C@@H]4[C@@]5(C)CCC(OC(=O)CC(C)(C)C(=O)O)C(C)(C)[C@@H]5CC[C@]43C)C1=C(C(C)C)C(=O)C2. The number of rotatable bonds is 9. The smallest absolute Gasteiger partial charge is 0.309 e. The first-order chi connectivity index (χ1) is 22.9. The van der Waals surface area contributed by atoms with Gasteiger partial charge in [0.2, 0.25) is 5.91 Å². The van der Waals surface area contributed by atoms with Gasteiger partial charge in [-0.2, -0.15) is 0 Å². The molecule has 0 bridgehead atoms. The normalized spacial score (nSPS) is 38.6. The van der Waals surface area contributed by atoms with E-state index >= 15 is 0 Å². The first-order valence-corrected chi connectivity index (χ1v) is 19.5. The Balaban J connectivity index is 1.46. The van der Waals surface area contributed by atoms with Gasteiger partial charge in [0, 0.05) is 36.8 Å². The number of amides is 1. The maximum atomic E-state index is 14.0. The van der Waals surface area contributed by atoms with Crippen LogP contribution in [0, 0.1) is 62.1 Å². The number of aliphatic hydroxyl groups is 1. The molecular weight excluding hydrogens is 630 g/mol. The summed E-state index contributed by atoms with van der Waals surface area (Å²) in [4.78, 5) is 53.3. The van der Waals surface area contributed by atoms with Crippen molar-refractivity contribution in [2.24, 2.45) is 62.1 Å². The van der Waals surface area contributed by atoms with Crippen molar-refractivity contribution in [3.63, 3.8) is 0 Å². The van der Waals surface area contributed by atoms with Gasteiger partial charge in [-0.15, -0.1) is 0 Å². The Labute approximate surface area is 301 Å². The standard InChI is InChI=1S/C42H67NO7/c1-24(2)33-27(44)21-42(30(45)23-43(12)35(47)25(3)4)20-19-40(10)26(34(33)42)13-14-29-39(9)17-16-31(50-32(46)22-37(5,6)36(48)49)38(7,8)28(39)15-18-41(29,40)11/h24-26,28-31,45H,13-23H2,1-12H3,(H,48,49)/t26-,28+,29-,30+,31?,39+,40-,41-,42+/m1/s1. The first-order valence-electron chi connectivity index (χ1n) is 19.5. The molecule has 4 fully saturated rings. The van der Waals surface area contributed by atoms with Crippen LogP contribution in [0.3, 0.4) is 0 Å².